The van der Waals surface area contributed by atoms with Crippen molar-refractivity contribution in [1.82, 2.24) is 4.72 Å². The van der Waals surface area contributed by atoms with Crippen LogP contribution in [0.1, 0.15) is 51.0 Å². The van der Waals surface area contributed by atoms with Gasteiger partial charge in [-0.3, -0.25) is 0 Å². The zero-order chi connectivity index (χ0) is 26.3. The van der Waals surface area contributed by atoms with Gasteiger partial charge in [-0.05, 0) is 80.1 Å². The Bertz CT molecular complexity index is 1350. The van der Waals surface area contributed by atoms with Crippen LogP contribution in [-0.4, -0.2) is 8.42 Å². The van der Waals surface area contributed by atoms with Crippen LogP contribution in [0.15, 0.2) is 102 Å². The fourth-order valence-corrected chi connectivity index (χ4v) is 5.17. The molecule has 6 heteroatoms. The van der Waals surface area contributed by atoms with Gasteiger partial charge in [0.25, 0.3) is 0 Å². The number of nitrogens with two attached hydrogens (primary N) is 1. The second-order valence-electron chi connectivity index (χ2n) is 9.21. The average Bonchev–Trinajstić information content (AvgIpc) is 2.89. The molecule has 4 aromatic carbocycles. The maximum atomic E-state index is 12.9. The molecule has 0 spiro atoms. The van der Waals surface area contributed by atoms with Crippen LogP contribution in [0.3, 0.4) is 0 Å². The Balaban J connectivity index is 0.000000369. The largest absolute Gasteiger partial charge is 0.322 e. The first kappa shape index (κ1) is 30.6. The first-order chi connectivity index (χ1) is 17.1. The summed E-state index contributed by atoms with van der Waals surface area (Å²) in [6.07, 6.45) is 0. The number of nitrogens with one attached hydrogen (secondary N) is 1. The number of hydrogen-bond acceptors (Lipinski definition) is 3. The molecule has 0 saturated carbocycles. The Hall–Kier alpha value is -2.63. The van der Waals surface area contributed by atoms with Gasteiger partial charge in [-0.25, -0.2) is 13.1 Å². The number of hydrogen-bond donors (Lipinski definition) is 2. The number of benzene rings is 4. The van der Waals surface area contributed by atoms with E-state index in [0.29, 0.717) is 0 Å². The second-order valence-corrected chi connectivity index (χ2v) is 10.9. The van der Waals surface area contributed by atoms with Gasteiger partial charge in [-0.15, -0.1) is 0 Å². The van der Waals surface area contributed by atoms with Gasteiger partial charge in [0.1, 0.15) is 0 Å². The van der Waals surface area contributed by atoms with Crippen LogP contribution in [-0.2, 0) is 29.5 Å². The quantitative estimate of drug-likeness (QED) is 0.244. The summed E-state index contributed by atoms with van der Waals surface area (Å²) < 4.78 is 28.6. The van der Waals surface area contributed by atoms with Crippen LogP contribution in [0.5, 0.6) is 0 Å². The predicted molar refractivity (Wildman–Crippen MR) is 149 cm³/mol. The van der Waals surface area contributed by atoms with E-state index in [0.717, 1.165) is 16.7 Å². The summed E-state index contributed by atoms with van der Waals surface area (Å²) in [6, 6.07) is 28.9. The van der Waals surface area contributed by atoms with Crippen molar-refractivity contribution in [2.24, 2.45) is 5.73 Å². The fraction of sp³-hybridized carbons (Fsp3) is 0.226. The molecule has 4 nitrogen and oxygen atoms in total. The van der Waals surface area contributed by atoms with Crippen LogP contribution in [0.4, 0.5) is 0 Å². The smallest absolute Gasteiger partial charge is 0.241 e. The van der Waals surface area contributed by atoms with Gasteiger partial charge in [0.15, 0.2) is 0 Å². The average molecular weight is 602 g/mol. The van der Waals surface area contributed by atoms with Crippen molar-refractivity contribution >= 4 is 10.0 Å². The van der Waals surface area contributed by atoms with Gasteiger partial charge in [0.2, 0.25) is 10.0 Å². The first-order valence-corrected chi connectivity index (χ1v) is 13.6. The van der Waals surface area contributed by atoms with Crippen LogP contribution in [0, 0.1) is 34.6 Å². The molecule has 4 rings (SSSR count). The summed E-state index contributed by atoms with van der Waals surface area (Å²) in [5, 5.41) is 0. The first-order valence-electron chi connectivity index (χ1n) is 12.1. The van der Waals surface area contributed by atoms with E-state index in [-0.39, 0.29) is 24.4 Å². The molecule has 0 aliphatic carbocycles. The Kier molecular flexibility index (Phi) is 11.4. The molecule has 0 saturated heterocycles. The van der Waals surface area contributed by atoms with E-state index in [1.54, 1.807) is 24.3 Å². The molecule has 196 valence electrons. The summed E-state index contributed by atoms with van der Waals surface area (Å²) in [7, 11) is -3.71. The summed E-state index contributed by atoms with van der Waals surface area (Å²) in [5.74, 6) is 0. The van der Waals surface area contributed by atoms with Crippen molar-refractivity contribution < 1.29 is 27.9 Å². The zero-order valence-corrected chi connectivity index (χ0v) is 24.6. The van der Waals surface area contributed by atoms with E-state index in [2.05, 4.69) is 44.5 Å². The van der Waals surface area contributed by atoms with E-state index in [9.17, 15) is 8.42 Å². The van der Waals surface area contributed by atoms with Gasteiger partial charge < -0.3 is 5.73 Å². The molecular formula is C31H36N2O2RuS. The molecule has 0 aliphatic heterocycles. The third-order valence-electron chi connectivity index (χ3n) is 6.64. The monoisotopic (exact) mass is 602 g/mol. The van der Waals surface area contributed by atoms with Gasteiger partial charge in [-0.2, -0.15) is 0 Å². The van der Waals surface area contributed by atoms with E-state index < -0.39 is 22.1 Å². The van der Waals surface area contributed by atoms with Gasteiger partial charge in [0.05, 0.1) is 17.0 Å². The van der Waals surface area contributed by atoms with E-state index in [4.69, 9.17) is 5.73 Å². The third kappa shape index (κ3) is 8.18. The molecule has 0 fully saturated rings. The third-order valence-corrected chi connectivity index (χ3v) is 8.10. The Labute approximate surface area is 235 Å². The minimum absolute atomic E-state index is 0. The summed E-state index contributed by atoms with van der Waals surface area (Å²) in [6.45, 7) is 10.6. The number of rotatable bonds is 6. The summed E-state index contributed by atoms with van der Waals surface area (Å²) in [4.78, 5) is 0.226. The molecule has 0 bridgehead atoms. The predicted octanol–water partition coefficient (Wildman–Crippen LogP) is 6.63. The minimum atomic E-state index is -3.71. The SMILES string of the molecule is Cc1ccc(C)c(C)c1C.Cc1ccc(S(=O)(=O)N[C@H](c2ccccc2)[C@H](N)c2ccccc2)cc1.[Ru]. The van der Waals surface area contributed by atoms with Crippen LogP contribution >= 0.6 is 0 Å². The van der Waals surface area contributed by atoms with Crippen LogP contribution < -0.4 is 10.5 Å². The van der Waals surface area contributed by atoms with Crippen molar-refractivity contribution in [2.45, 2.75) is 51.6 Å². The molecule has 2 atom stereocenters. The summed E-state index contributed by atoms with van der Waals surface area (Å²) in [5.41, 5.74) is 14.8. The van der Waals surface area contributed by atoms with Crippen molar-refractivity contribution in [3.05, 3.63) is 136 Å². The van der Waals surface area contributed by atoms with Crippen molar-refractivity contribution in [2.75, 3.05) is 0 Å². The second kappa shape index (κ2) is 13.8. The fourth-order valence-electron chi connectivity index (χ4n) is 3.92. The minimum Gasteiger partial charge on any atom is -0.322 e. The molecule has 37 heavy (non-hydrogen) atoms. The van der Waals surface area contributed by atoms with Gasteiger partial charge in [-0.1, -0.05) is 90.5 Å². The Morgan fingerprint density at radius 1 is 0.622 bits per heavy atom. The maximum absolute atomic E-state index is 12.9. The number of aryl methyl sites for hydroxylation is 3. The summed E-state index contributed by atoms with van der Waals surface area (Å²) >= 11 is 0. The molecule has 0 heterocycles. The topological polar surface area (TPSA) is 72.2 Å². The molecule has 0 radical (unpaired) electrons. The normalized spacial score (nSPS) is 12.5. The Morgan fingerprint density at radius 3 is 1.51 bits per heavy atom. The van der Waals surface area contributed by atoms with E-state index in [1.807, 2.05) is 67.6 Å². The van der Waals surface area contributed by atoms with E-state index >= 15 is 0 Å². The molecule has 3 N–H and O–H groups in total. The molecule has 0 aliphatic rings. The standard InChI is InChI=1S/C21H22N2O2S.C10H14.Ru/c1-16-12-14-19(15-13-16)26(24,25)23-21(18-10-6-3-7-11-18)20(22)17-8-4-2-5-9-17;1-7-5-6-8(2)10(4)9(7)3;/h2-15,20-21,23H,22H2,1H3;5-6H,1-4H3;/t20-,21-;;/m1../s1. The van der Waals surface area contributed by atoms with E-state index in [1.165, 1.54) is 22.3 Å². The van der Waals surface area contributed by atoms with Crippen molar-refractivity contribution in [3.8, 4) is 0 Å². The van der Waals surface area contributed by atoms with Crippen LogP contribution in [0.2, 0.25) is 0 Å². The molecule has 0 unspecified atom stereocenters. The van der Waals surface area contributed by atoms with Crippen molar-refractivity contribution in [1.29, 1.82) is 0 Å². The zero-order valence-electron chi connectivity index (χ0n) is 22.0. The molecular weight excluding hydrogens is 565 g/mol. The van der Waals surface area contributed by atoms with Gasteiger partial charge >= 0.3 is 0 Å². The van der Waals surface area contributed by atoms with Gasteiger partial charge in [0, 0.05) is 19.5 Å². The molecule has 0 aromatic heterocycles. The Morgan fingerprint density at radius 2 is 1.05 bits per heavy atom. The molecule has 4 aromatic rings. The van der Waals surface area contributed by atoms with Crippen LogP contribution in [0.25, 0.3) is 0 Å². The molecule has 0 amide bonds. The number of sulfonamides is 1. The maximum Gasteiger partial charge on any atom is 0.241 e. The van der Waals surface area contributed by atoms with Crippen molar-refractivity contribution in [3.63, 3.8) is 0 Å².